The van der Waals surface area contributed by atoms with Gasteiger partial charge in [0.25, 0.3) is 5.69 Å². The van der Waals surface area contributed by atoms with Gasteiger partial charge in [-0.2, -0.15) is 0 Å². The van der Waals surface area contributed by atoms with Gasteiger partial charge >= 0.3 is 5.97 Å². The normalized spacial score (nSPS) is 16.2. The number of esters is 1. The van der Waals surface area contributed by atoms with E-state index in [4.69, 9.17) is 21.1 Å². The molecule has 1 atom stereocenters. The largest absolute Gasteiger partial charge is 0.487 e. The summed E-state index contributed by atoms with van der Waals surface area (Å²) in [5, 5.41) is 14.4. The topological polar surface area (TPSA) is 108 Å². The number of allylic oxidation sites excluding steroid dienone is 2. The number of ketones is 1. The third-order valence-corrected chi connectivity index (χ3v) is 6.78. The van der Waals surface area contributed by atoms with Crippen molar-refractivity contribution in [3.8, 4) is 5.75 Å². The molecule has 2 aliphatic rings. The SMILES string of the molecule is COC(=O)C1=C(C)NC2=C(C(=O)c3ccccc32)[C@H]1c1ccc(OCc2ccc([N+](=O)[O-])cc2)c(Cl)c1. The molecule has 1 aliphatic heterocycles. The Morgan fingerprint density at radius 1 is 1.08 bits per heavy atom. The zero-order chi connectivity index (χ0) is 26.3. The number of nitro benzene ring substituents is 1. The maximum absolute atomic E-state index is 13.5. The van der Waals surface area contributed by atoms with Gasteiger partial charge in [0.15, 0.2) is 5.78 Å². The molecule has 0 unspecified atom stereocenters. The van der Waals surface area contributed by atoms with Crippen LogP contribution in [-0.2, 0) is 16.1 Å². The quantitative estimate of drug-likeness (QED) is 0.259. The van der Waals surface area contributed by atoms with E-state index in [1.54, 1.807) is 49.4 Å². The molecule has 1 N–H and O–H groups in total. The average molecular weight is 517 g/mol. The van der Waals surface area contributed by atoms with Gasteiger partial charge in [0.05, 0.1) is 28.3 Å². The minimum atomic E-state index is -0.690. The first-order valence-corrected chi connectivity index (χ1v) is 11.8. The summed E-state index contributed by atoms with van der Waals surface area (Å²) in [5.74, 6) is -0.996. The number of rotatable bonds is 6. The lowest BCUT2D eigenvalue weighted by molar-refractivity contribution is -0.384. The second-order valence-corrected chi connectivity index (χ2v) is 9.06. The van der Waals surface area contributed by atoms with Gasteiger partial charge in [-0.15, -0.1) is 0 Å². The Kier molecular flexibility index (Phi) is 6.27. The van der Waals surface area contributed by atoms with Crippen molar-refractivity contribution in [3.05, 3.63) is 121 Å². The zero-order valence-electron chi connectivity index (χ0n) is 19.9. The van der Waals surface area contributed by atoms with Crippen LogP contribution < -0.4 is 10.1 Å². The van der Waals surface area contributed by atoms with Crippen molar-refractivity contribution in [2.24, 2.45) is 0 Å². The van der Waals surface area contributed by atoms with Gasteiger partial charge in [-0.25, -0.2) is 4.79 Å². The summed E-state index contributed by atoms with van der Waals surface area (Å²) in [4.78, 5) is 36.7. The molecule has 1 heterocycles. The van der Waals surface area contributed by atoms with Crippen molar-refractivity contribution >= 4 is 34.7 Å². The standard InChI is InChI=1S/C28H21ClN2O6/c1-15-23(28(33)36-2)24(25-26(30-15)19-5-3-4-6-20(19)27(25)32)17-9-12-22(21(29)13-17)37-14-16-7-10-18(11-8-16)31(34)35/h3-13,24,30H,14H2,1-2H3/t24-/m0/s1. The average Bonchev–Trinajstić information content (AvgIpc) is 3.18. The van der Waals surface area contributed by atoms with E-state index in [2.05, 4.69) is 5.32 Å². The summed E-state index contributed by atoms with van der Waals surface area (Å²) < 4.78 is 10.9. The summed E-state index contributed by atoms with van der Waals surface area (Å²) in [5.41, 5.74) is 4.78. The Bertz CT molecular complexity index is 1520. The van der Waals surface area contributed by atoms with Gasteiger partial charge in [-0.05, 0) is 42.3 Å². The Morgan fingerprint density at radius 3 is 2.43 bits per heavy atom. The molecule has 9 heteroatoms. The van der Waals surface area contributed by atoms with Crippen LogP contribution in [0.4, 0.5) is 5.69 Å². The third-order valence-electron chi connectivity index (χ3n) is 6.48. The molecule has 8 nitrogen and oxygen atoms in total. The lowest BCUT2D eigenvalue weighted by Crippen LogP contribution is -2.29. The highest BCUT2D eigenvalue weighted by atomic mass is 35.5. The van der Waals surface area contributed by atoms with Crippen LogP contribution in [-0.4, -0.2) is 23.8 Å². The molecule has 0 fully saturated rings. The van der Waals surface area contributed by atoms with Crippen molar-refractivity contribution in [1.82, 2.24) is 5.32 Å². The number of halogens is 1. The molecule has 0 saturated carbocycles. The van der Waals surface area contributed by atoms with Crippen molar-refractivity contribution in [2.45, 2.75) is 19.4 Å². The molecule has 5 rings (SSSR count). The first kappa shape index (κ1) is 24.3. The van der Waals surface area contributed by atoms with Gasteiger partial charge in [-0.1, -0.05) is 41.9 Å². The minimum absolute atomic E-state index is 0.00449. The monoisotopic (exact) mass is 516 g/mol. The number of hydrogen-bond acceptors (Lipinski definition) is 7. The Morgan fingerprint density at radius 2 is 1.78 bits per heavy atom. The van der Waals surface area contributed by atoms with E-state index in [9.17, 15) is 19.7 Å². The number of carbonyl (C=O) groups is 2. The van der Waals surface area contributed by atoms with Crippen molar-refractivity contribution in [1.29, 1.82) is 0 Å². The first-order valence-electron chi connectivity index (χ1n) is 11.4. The minimum Gasteiger partial charge on any atom is -0.487 e. The van der Waals surface area contributed by atoms with Crippen LogP contribution in [0.5, 0.6) is 5.75 Å². The molecule has 37 heavy (non-hydrogen) atoms. The highest BCUT2D eigenvalue weighted by molar-refractivity contribution is 6.32. The van der Waals surface area contributed by atoms with Crippen LogP contribution >= 0.6 is 11.6 Å². The number of ether oxygens (including phenoxy) is 2. The fourth-order valence-electron chi connectivity index (χ4n) is 4.73. The Hall–Kier alpha value is -4.43. The van der Waals surface area contributed by atoms with E-state index in [-0.39, 0.29) is 18.1 Å². The maximum atomic E-state index is 13.5. The van der Waals surface area contributed by atoms with Crippen molar-refractivity contribution in [3.63, 3.8) is 0 Å². The highest BCUT2D eigenvalue weighted by Gasteiger charge is 2.42. The van der Waals surface area contributed by atoms with Crippen molar-refractivity contribution < 1.29 is 24.0 Å². The van der Waals surface area contributed by atoms with E-state index in [0.717, 1.165) is 11.1 Å². The molecule has 0 spiro atoms. The van der Waals surface area contributed by atoms with Crippen LogP contribution in [0.2, 0.25) is 5.02 Å². The molecule has 0 bridgehead atoms. The number of fused-ring (bicyclic) bond motifs is 2. The maximum Gasteiger partial charge on any atom is 0.336 e. The van der Waals surface area contributed by atoms with Crippen LogP contribution in [0.25, 0.3) is 5.70 Å². The number of benzene rings is 3. The van der Waals surface area contributed by atoms with Gasteiger partial charge in [0.1, 0.15) is 12.4 Å². The summed E-state index contributed by atoms with van der Waals surface area (Å²) >= 11 is 6.58. The van der Waals surface area contributed by atoms with Crippen LogP contribution in [0.1, 0.15) is 39.9 Å². The van der Waals surface area contributed by atoms with E-state index < -0.39 is 16.8 Å². The van der Waals surface area contributed by atoms with E-state index in [0.29, 0.717) is 44.4 Å². The number of carbonyl (C=O) groups excluding carboxylic acids is 2. The number of methoxy groups -OCH3 is 1. The zero-order valence-corrected chi connectivity index (χ0v) is 20.7. The van der Waals surface area contributed by atoms with E-state index in [1.165, 1.54) is 19.2 Å². The van der Waals surface area contributed by atoms with Crippen LogP contribution in [0, 0.1) is 10.1 Å². The molecular weight excluding hydrogens is 496 g/mol. The van der Waals surface area contributed by atoms with Gasteiger partial charge < -0.3 is 14.8 Å². The summed E-state index contributed by atoms with van der Waals surface area (Å²) in [6, 6.07) is 18.5. The number of Topliss-reactive ketones (excluding diaryl/α,β-unsaturated/α-hetero) is 1. The van der Waals surface area contributed by atoms with E-state index in [1.807, 2.05) is 12.1 Å². The Labute approximate surface area is 217 Å². The van der Waals surface area contributed by atoms with Gasteiger partial charge in [0.2, 0.25) is 0 Å². The molecule has 0 aromatic heterocycles. The van der Waals surface area contributed by atoms with Gasteiger partial charge in [-0.3, -0.25) is 14.9 Å². The third kappa shape index (κ3) is 4.25. The first-order chi connectivity index (χ1) is 17.8. The van der Waals surface area contributed by atoms with Crippen LogP contribution in [0.3, 0.4) is 0 Å². The predicted molar refractivity (Wildman–Crippen MR) is 137 cm³/mol. The summed E-state index contributed by atoms with van der Waals surface area (Å²) in [7, 11) is 1.30. The molecule has 3 aromatic rings. The second kappa shape index (κ2) is 9.55. The van der Waals surface area contributed by atoms with E-state index >= 15 is 0 Å². The molecule has 0 radical (unpaired) electrons. The molecule has 1 aliphatic carbocycles. The highest BCUT2D eigenvalue weighted by Crippen LogP contribution is 2.47. The smallest absolute Gasteiger partial charge is 0.336 e. The fourth-order valence-corrected chi connectivity index (χ4v) is 4.98. The molecular formula is C28H21ClN2O6. The predicted octanol–water partition coefficient (Wildman–Crippen LogP) is 5.57. The number of non-ortho nitro benzene ring substituents is 1. The number of dihydropyridines is 1. The fraction of sp³-hybridized carbons (Fsp3) is 0.143. The number of nitro groups is 1. The molecule has 3 aromatic carbocycles. The molecule has 186 valence electrons. The number of nitrogens with zero attached hydrogens (tertiary/aromatic N) is 1. The number of nitrogens with one attached hydrogen (secondary N) is 1. The summed E-state index contributed by atoms with van der Waals surface area (Å²) in [6.45, 7) is 1.93. The van der Waals surface area contributed by atoms with Crippen LogP contribution in [0.15, 0.2) is 83.6 Å². The van der Waals surface area contributed by atoms with Crippen molar-refractivity contribution in [2.75, 3.05) is 7.11 Å². The van der Waals surface area contributed by atoms with Gasteiger partial charge in [0, 0.05) is 40.4 Å². The number of hydrogen-bond donors (Lipinski definition) is 1. The Balaban J connectivity index is 1.49. The molecule has 0 amide bonds. The second-order valence-electron chi connectivity index (χ2n) is 8.65. The molecule has 0 saturated heterocycles. The summed E-state index contributed by atoms with van der Waals surface area (Å²) in [6.07, 6.45) is 0. The lowest BCUT2D eigenvalue weighted by atomic mass is 9.80. The lowest BCUT2D eigenvalue weighted by Gasteiger charge is -2.29.